The van der Waals surface area contributed by atoms with Gasteiger partial charge in [0.1, 0.15) is 5.22 Å². The van der Waals surface area contributed by atoms with Crippen molar-refractivity contribution in [2.45, 2.75) is 72.6 Å². The molecule has 0 N–H and O–H groups in total. The van der Waals surface area contributed by atoms with Gasteiger partial charge in [0.25, 0.3) is 0 Å². The Morgan fingerprint density at radius 3 is 1.58 bits per heavy atom. The summed E-state index contributed by atoms with van der Waals surface area (Å²) >= 11 is 0. The molecule has 5 heteroatoms. The van der Waals surface area contributed by atoms with E-state index >= 15 is 0 Å². The summed E-state index contributed by atoms with van der Waals surface area (Å²) in [6, 6.07) is 0. The lowest BCUT2D eigenvalue weighted by Gasteiger charge is -2.44. The van der Waals surface area contributed by atoms with Crippen LogP contribution in [0.2, 0.25) is 0 Å². The van der Waals surface area contributed by atoms with Crippen molar-refractivity contribution in [2.24, 2.45) is 0 Å². The quantitative estimate of drug-likeness (QED) is 0.577. The predicted octanol–water partition coefficient (Wildman–Crippen LogP) is 3.56. The van der Waals surface area contributed by atoms with E-state index in [0.29, 0.717) is 19.8 Å². The van der Waals surface area contributed by atoms with Crippen LogP contribution < -0.4 is 0 Å². The molecule has 4 nitrogen and oxygen atoms in total. The number of hydrogen-bond acceptors (Lipinski definition) is 4. The first kappa shape index (κ1) is 19.1. The minimum absolute atomic E-state index is 0.287. The van der Waals surface area contributed by atoms with E-state index in [-0.39, 0.29) is 5.60 Å². The van der Waals surface area contributed by atoms with Gasteiger partial charge in [-0.1, -0.05) is 6.92 Å². The van der Waals surface area contributed by atoms with Crippen molar-refractivity contribution in [1.82, 2.24) is 0 Å². The fourth-order valence-corrected chi connectivity index (χ4v) is 4.93. The molecule has 19 heavy (non-hydrogen) atoms. The number of hydrogen-bond donors (Lipinski definition) is 0. The SMILES string of the molecule is CCOC(C)(C)[Si](OCC)(OCC)OC(C)(C)CC. The molecule has 0 amide bonds. The van der Waals surface area contributed by atoms with Crippen LogP contribution in [0.3, 0.4) is 0 Å². The first-order chi connectivity index (χ1) is 8.70. The molecule has 0 bridgehead atoms. The molecule has 0 aliphatic heterocycles. The van der Waals surface area contributed by atoms with Crippen LogP contribution in [0.1, 0.15) is 61.8 Å². The minimum Gasteiger partial charge on any atom is -0.372 e. The zero-order valence-corrected chi connectivity index (χ0v) is 15.0. The van der Waals surface area contributed by atoms with Crippen LogP contribution in [0.5, 0.6) is 0 Å². The summed E-state index contributed by atoms with van der Waals surface area (Å²) in [7, 11) is -2.92. The first-order valence-corrected chi connectivity index (χ1v) is 9.04. The van der Waals surface area contributed by atoms with E-state index in [1.54, 1.807) is 0 Å². The molecular formula is C14H32O4Si. The highest BCUT2D eigenvalue weighted by Gasteiger charge is 2.59. The van der Waals surface area contributed by atoms with Crippen molar-refractivity contribution in [3.8, 4) is 0 Å². The van der Waals surface area contributed by atoms with Crippen LogP contribution in [0.4, 0.5) is 0 Å². The fourth-order valence-electron chi connectivity index (χ4n) is 1.84. The summed E-state index contributed by atoms with van der Waals surface area (Å²) in [6.07, 6.45) is 0.893. The van der Waals surface area contributed by atoms with E-state index in [1.807, 2.05) is 34.6 Å². The average molecular weight is 292 g/mol. The monoisotopic (exact) mass is 292 g/mol. The summed E-state index contributed by atoms with van der Waals surface area (Å²) in [5.41, 5.74) is -0.287. The van der Waals surface area contributed by atoms with Gasteiger partial charge in [-0.25, -0.2) is 0 Å². The lowest BCUT2D eigenvalue weighted by Crippen LogP contribution is -2.66. The normalized spacial score (nSPS) is 13.9. The van der Waals surface area contributed by atoms with Crippen molar-refractivity contribution in [3.05, 3.63) is 0 Å². The second-order valence-electron chi connectivity index (χ2n) is 5.58. The molecule has 0 saturated carbocycles. The molecule has 0 aromatic carbocycles. The Balaban J connectivity index is 5.40. The Hall–Kier alpha value is 0.0569. The Morgan fingerprint density at radius 2 is 1.26 bits per heavy atom. The van der Waals surface area contributed by atoms with Gasteiger partial charge in [-0.05, 0) is 54.9 Å². The van der Waals surface area contributed by atoms with Gasteiger partial charge >= 0.3 is 8.80 Å². The second kappa shape index (κ2) is 7.74. The highest BCUT2D eigenvalue weighted by Crippen LogP contribution is 2.33. The van der Waals surface area contributed by atoms with Gasteiger partial charge in [-0.2, -0.15) is 0 Å². The lowest BCUT2D eigenvalue weighted by atomic mass is 10.1. The summed E-state index contributed by atoms with van der Waals surface area (Å²) in [5.74, 6) is 0. The van der Waals surface area contributed by atoms with Crippen LogP contribution >= 0.6 is 0 Å². The van der Waals surface area contributed by atoms with Crippen molar-refractivity contribution in [2.75, 3.05) is 19.8 Å². The Labute approximate surface area is 120 Å². The number of ether oxygens (including phenoxy) is 1. The van der Waals surface area contributed by atoms with Gasteiger partial charge in [-0.3, -0.25) is 0 Å². The zero-order chi connectivity index (χ0) is 15.2. The molecule has 0 aromatic heterocycles. The third-order valence-corrected chi connectivity index (χ3v) is 6.95. The molecule has 0 saturated heterocycles. The predicted molar refractivity (Wildman–Crippen MR) is 80.2 cm³/mol. The largest absolute Gasteiger partial charge is 0.534 e. The van der Waals surface area contributed by atoms with Crippen molar-refractivity contribution in [1.29, 1.82) is 0 Å². The first-order valence-electron chi connectivity index (χ1n) is 7.32. The third kappa shape index (κ3) is 5.15. The maximum Gasteiger partial charge on any atom is 0.534 e. The maximum atomic E-state index is 6.34. The standard InChI is InChI=1S/C14H32O4Si/c1-9-13(5,6)18-19(16-11-3,17-12-4)14(7,8)15-10-2/h9-12H2,1-8H3. The Kier molecular flexibility index (Phi) is 7.76. The molecule has 0 radical (unpaired) electrons. The Morgan fingerprint density at radius 1 is 0.789 bits per heavy atom. The molecule has 0 atom stereocenters. The lowest BCUT2D eigenvalue weighted by molar-refractivity contribution is -0.0840. The molecule has 0 heterocycles. The highest BCUT2D eigenvalue weighted by atomic mass is 28.4. The van der Waals surface area contributed by atoms with Crippen LogP contribution in [0.15, 0.2) is 0 Å². The van der Waals surface area contributed by atoms with Crippen LogP contribution in [-0.2, 0) is 18.0 Å². The zero-order valence-electron chi connectivity index (χ0n) is 14.0. The fraction of sp³-hybridized carbons (Fsp3) is 1.00. The van der Waals surface area contributed by atoms with Gasteiger partial charge < -0.3 is 18.0 Å². The number of rotatable bonds is 10. The van der Waals surface area contributed by atoms with Crippen LogP contribution in [-0.4, -0.2) is 39.5 Å². The van der Waals surface area contributed by atoms with Crippen LogP contribution in [0, 0.1) is 0 Å². The van der Waals surface area contributed by atoms with E-state index in [0.717, 1.165) is 6.42 Å². The molecule has 0 aliphatic carbocycles. The van der Waals surface area contributed by atoms with E-state index < -0.39 is 14.0 Å². The van der Waals surface area contributed by atoms with Gasteiger partial charge in [0.2, 0.25) is 0 Å². The van der Waals surface area contributed by atoms with Crippen molar-refractivity contribution >= 4 is 8.80 Å². The van der Waals surface area contributed by atoms with Gasteiger partial charge in [-0.15, -0.1) is 0 Å². The van der Waals surface area contributed by atoms with E-state index in [1.165, 1.54) is 0 Å². The second-order valence-corrected chi connectivity index (χ2v) is 8.68. The van der Waals surface area contributed by atoms with Crippen molar-refractivity contribution in [3.63, 3.8) is 0 Å². The topological polar surface area (TPSA) is 36.9 Å². The average Bonchev–Trinajstić information content (AvgIpc) is 2.29. The molecule has 0 aromatic rings. The molecular weight excluding hydrogens is 260 g/mol. The molecule has 0 rings (SSSR count). The summed E-state index contributed by atoms with van der Waals surface area (Å²) in [5, 5.41) is -0.555. The van der Waals surface area contributed by atoms with Gasteiger partial charge in [0.05, 0.1) is 5.60 Å². The molecule has 0 spiro atoms. The summed E-state index contributed by atoms with van der Waals surface area (Å²) in [4.78, 5) is 0. The van der Waals surface area contributed by atoms with E-state index in [9.17, 15) is 0 Å². The Bertz CT molecular complexity index is 248. The van der Waals surface area contributed by atoms with E-state index in [2.05, 4.69) is 20.8 Å². The smallest absolute Gasteiger partial charge is 0.372 e. The van der Waals surface area contributed by atoms with E-state index in [4.69, 9.17) is 18.0 Å². The minimum atomic E-state index is -2.92. The molecule has 116 valence electrons. The van der Waals surface area contributed by atoms with Gasteiger partial charge in [0, 0.05) is 19.8 Å². The summed E-state index contributed by atoms with van der Waals surface area (Å²) in [6.45, 7) is 17.9. The van der Waals surface area contributed by atoms with Gasteiger partial charge in [0.15, 0.2) is 0 Å². The third-order valence-electron chi connectivity index (χ3n) is 3.17. The summed E-state index contributed by atoms with van der Waals surface area (Å²) < 4.78 is 24.2. The molecule has 0 unspecified atom stereocenters. The molecule has 0 aliphatic rings. The van der Waals surface area contributed by atoms with Crippen LogP contribution in [0.25, 0.3) is 0 Å². The molecule has 0 fully saturated rings. The van der Waals surface area contributed by atoms with Crippen molar-refractivity contribution < 1.29 is 18.0 Å². The maximum absolute atomic E-state index is 6.34. The highest BCUT2D eigenvalue weighted by molar-refractivity contribution is 6.64.